The average molecular weight is 376 g/mol. The topological polar surface area (TPSA) is 83.0 Å². The molecule has 27 heavy (non-hydrogen) atoms. The van der Waals surface area contributed by atoms with Crippen LogP contribution in [0.15, 0.2) is 36.7 Å². The van der Waals surface area contributed by atoms with Crippen LogP contribution in [0.3, 0.4) is 0 Å². The summed E-state index contributed by atoms with van der Waals surface area (Å²) in [6.07, 6.45) is 2.63. The molecule has 0 fully saturated rings. The summed E-state index contributed by atoms with van der Waals surface area (Å²) >= 11 is 0. The Kier molecular flexibility index (Phi) is 4.85. The first kappa shape index (κ1) is 18.4. The lowest BCUT2D eigenvalue weighted by molar-refractivity contribution is 0.0562. The van der Waals surface area contributed by atoms with Crippen molar-refractivity contribution in [2.75, 3.05) is 12.8 Å². The molecule has 0 saturated carbocycles. The molecule has 6 nitrogen and oxygen atoms in total. The highest BCUT2D eigenvalue weighted by molar-refractivity contribution is 5.91. The number of ether oxygens (including phenoxy) is 1. The third kappa shape index (κ3) is 3.48. The number of benzene rings is 1. The largest absolute Gasteiger partial charge is 0.465 e. The zero-order chi connectivity index (χ0) is 19.7. The Balaban J connectivity index is 2.07. The molecule has 1 aromatic carbocycles. The van der Waals surface area contributed by atoms with Gasteiger partial charge in [-0.3, -0.25) is 0 Å². The highest BCUT2D eigenvalue weighted by Gasteiger charge is 2.17. The van der Waals surface area contributed by atoms with Crippen molar-refractivity contribution < 1.29 is 22.7 Å². The molecule has 0 bridgehead atoms. The summed E-state index contributed by atoms with van der Waals surface area (Å²) in [5.41, 5.74) is 7.81. The van der Waals surface area contributed by atoms with Gasteiger partial charge in [0.15, 0.2) is 0 Å². The second-order valence-corrected chi connectivity index (χ2v) is 5.73. The van der Waals surface area contributed by atoms with Crippen molar-refractivity contribution >= 4 is 11.8 Å². The van der Waals surface area contributed by atoms with Crippen LogP contribution in [0.2, 0.25) is 0 Å². The minimum atomic E-state index is -2.77. The second kappa shape index (κ2) is 7.10. The van der Waals surface area contributed by atoms with Crippen molar-refractivity contribution in [3.63, 3.8) is 0 Å². The predicted molar refractivity (Wildman–Crippen MR) is 92.6 cm³/mol. The Morgan fingerprint density at radius 2 is 1.96 bits per heavy atom. The molecule has 2 aromatic heterocycles. The Morgan fingerprint density at radius 3 is 2.56 bits per heavy atom. The molecule has 0 unspecified atom stereocenters. The standard InChI is InChI=1S/C18H15F3N4O2/c1-9-14(8-25(24-9)18(20)21)11-5-13(16(22)23-7-11)10-3-4-12(15(19)6-10)17(26)27-2/h3-8,18H,1-2H3,(H2,22,23). The van der Waals surface area contributed by atoms with Gasteiger partial charge in [0.05, 0.1) is 18.4 Å². The average Bonchev–Trinajstić information content (AvgIpc) is 3.03. The molecule has 2 N–H and O–H groups in total. The molecule has 9 heteroatoms. The summed E-state index contributed by atoms with van der Waals surface area (Å²) in [6, 6.07) is 5.53. The van der Waals surface area contributed by atoms with Gasteiger partial charge in [0, 0.05) is 29.1 Å². The van der Waals surface area contributed by atoms with Gasteiger partial charge in [0.2, 0.25) is 0 Å². The van der Waals surface area contributed by atoms with Crippen LogP contribution >= 0.6 is 0 Å². The molecule has 3 aromatic rings. The summed E-state index contributed by atoms with van der Waals surface area (Å²) in [5.74, 6) is -1.44. The molecule has 0 spiro atoms. The Morgan fingerprint density at radius 1 is 1.22 bits per heavy atom. The van der Waals surface area contributed by atoms with E-state index in [1.54, 1.807) is 13.0 Å². The molecule has 0 aliphatic carbocycles. The van der Waals surface area contributed by atoms with Crippen molar-refractivity contribution in [1.82, 2.24) is 14.8 Å². The van der Waals surface area contributed by atoms with Gasteiger partial charge in [-0.2, -0.15) is 13.9 Å². The maximum absolute atomic E-state index is 14.2. The van der Waals surface area contributed by atoms with Crippen LogP contribution < -0.4 is 5.73 Å². The maximum atomic E-state index is 14.2. The Labute approximate surface area is 152 Å². The van der Waals surface area contributed by atoms with Crippen LogP contribution in [-0.4, -0.2) is 27.8 Å². The number of methoxy groups -OCH3 is 1. The number of nitrogens with zero attached hydrogens (tertiary/aromatic N) is 3. The molecule has 0 radical (unpaired) electrons. The van der Waals surface area contributed by atoms with E-state index >= 15 is 0 Å². The van der Waals surface area contributed by atoms with E-state index in [-0.39, 0.29) is 11.4 Å². The number of esters is 1. The molecular weight excluding hydrogens is 361 g/mol. The molecule has 0 amide bonds. The van der Waals surface area contributed by atoms with Gasteiger partial charge < -0.3 is 10.5 Å². The summed E-state index contributed by atoms with van der Waals surface area (Å²) in [7, 11) is 1.16. The van der Waals surface area contributed by atoms with Gasteiger partial charge in [-0.15, -0.1) is 0 Å². The summed E-state index contributed by atoms with van der Waals surface area (Å²) < 4.78 is 45.0. The number of carbonyl (C=O) groups is 1. The first-order valence-corrected chi connectivity index (χ1v) is 7.80. The van der Waals surface area contributed by atoms with Crippen molar-refractivity contribution in [2.45, 2.75) is 13.5 Å². The number of rotatable bonds is 4. The van der Waals surface area contributed by atoms with Crippen LogP contribution in [0.1, 0.15) is 22.6 Å². The molecular formula is C18H15F3N4O2. The summed E-state index contributed by atoms with van der Waals surface area (Å²) in [6.45, 7) is -1.17. The number of aromatic nitrogens is 3. The van der Waals surface area contributed by atoms with Crippen molar-refractivity contribution in [1.29, 1.82) is 0 Å². The fourth-order valence-corrected chi connectivity index (χ4v) is 2.68. The van der Waals surface area contributed by atoms with Crippen molar-refractivity contribution in [3.05, 3.63) is 53.7 Å². The molecule has 0 atom stereocenters. The minimum absolute atomic E-state index is 0.128. The SMILES string of the molecule is COC(=O)c1ccc(-c2cc(-c3cn(C(F)F)nc3C)cnc2N)cc1F. The van der Waals surface area contributed by atoms with Gasteiger partial charge in [-0.05, 0) is 30.7 Å². The van der Waals surface area contributed by atoms with Gasteiger partial charge in [0.1, 0.15) is 11.6 Å². The first-order valence-electron chi connectivity index (χ1n) is 7.80. The lowest BCUT2D eigenvalue weighted by Gasteiger charge is -2.09. The van der Waals surface area contributed by atoms with E-state index in [4.69, 9.17) is 5.73 Å². The third-order valence-corrected chi connectivity index (χ3v) is 4.03. The number of hydrogen-bond donors (Lipinski definition) is 1. The number of carbonyl (C=O) groups excluding carboxylic acids is 1. The lowest BCUT2D eigenvalue weighted by atomic mass is 10.00. The third-order valence-electron chi connectivity index (χ3n) is 4.03. The minimum Gasteiger partial charge on any atom is -0.465 e. The van der Waals surface area contributed by atoms with Crippen molar-refractivity contribution in [2.24, 2.45) is 0 Å². The maximum Gasteiger partial charge on any atom is 0.340 e. The zero-order valence-corrected chi connectivity index (χ0v) is 14.4. The molecule has 0 aliphatic heterocycles. The number of hydrogen-bond acceptors (Lipinski definition) is 5. The van der Waals surface area contributed by atoms with E-state index < -0.39 is 18.3 Å². The second-order valence-electron chi connectivity index (χ2n) is 5.73. The number of nitrogen functional groups attached to an aromatic ring is 1. The number of alkyl halides is 2. The van der Waals surface area contributed by atoms with Crippen LogP contribution in [0.4, 0.5) is 19.0 Å². The first-order chi connectivity index (χ1) is 12.8. The molecule has 0 aliphatic rings. The smallest absolute Gasteiger partial charge is 0.340 e. The van der Waals surface area contributed by atoms with Crippen LogP contribution in [-0.2, 0) is 4.74 Å². The molecule has 2 heterocycles. The molecule has 0 saturated heterocycles. The lowest BCUT2D eigenvalue weighted by Crippen LogP contribution is -2.04. The monoisotopic (exact) mass is 376 g/mol. The highest BCUT2D eigenvalue weighted by Crippen LogP contribution is 2.32. The number of nitrogens with two attached hydrogens (primary N) is 1. The van der Waals surface area contributed by atoms with E-state index in [1.165, 1.54) is 24.5 Å². The predicted octanol–water partition coefficient (Wildman–Crippen LogP) is 3.82. The molecule has 140 valence electrons. The van der Waals surface area contributed by atoms with Crippen LogP contribution in [0, 0.1) is 12.7 Å². The quantitative estimate of drug-likeness (QED) is 0.700. The fraction of sp³-hybridized carbons (Fsp3) is 0.167. The zero-order valence-electron chi connectivity index (χ0n) is 14.4. The van der Waals surface area contributed by atoms with E-state index in [0.29, 0.717) is 32.6 Å². The number of halogens is 3. The Hall–Kier alpha value is -3.36. The van der Waals surface area contributed by atoms with E-state index in [0.717, 1.165) is 13.2 Å². The number of pyridine rings is 1. The van der Waals surface area contributed by atoms with Gasteiger partial charge in [-0.25, -0.2) is 18.9 Å². The normalized spacial score (nSPS) is 11.0. The fourth-order valence-electron chi connectivity index (χ4n) is 2.68. The van der Waals surface area contributed by atoms with Gasteiger partial charge in [0.25, 0.3) is 0 Å². The van der Waals surface area contributed by atoms with Crippen molar-refractivity contribution in [3.8, 4) is 22.3 Å². The van der Waals surface area contributed by atoms with Crippen LogP contribution in [0.25, 0.3) is 22.3 Å². The van der Waals surface area contributed by atoms with Gasteiger partial charge >= 0.3 is 12.5 Å². The van der Waals surface area contributed by atoms with E-state index in [1.807, 2.05) is 0 Å². The summed E-state index contributed by atoms with van der Waals surface area (Å²) in [5, 5.41) is 3.76. The highest BCUT2D eigenvalue weighted by atomic mass is 19.3. The van der Waals surface area contributed by atoms with E-state index in [9.17, 15) is 18.0 Å². The molecule has 3 rings (SSSR count). The van der Waals surface area contributed by atoms with E-state index in [2.05, 4.69) is 14.8 Å². The number of anilines is 1. The number of aryl methyl sites for hydroxylation is 1. The van der Waals surface area contributed by atoms with Crippen LogP contribution in [0.5, 0.6) is 0 Å². The van der Waals surface area contributed by atoms with Gasteiger partial charge in [-0.1, -0.05) is 6.07 Å². The summed E-state index contributed by atoms with van der Waals surface area (Å²) in [4.78, 5) is 15.6. The Bertz CT molecular complexity index is 1020.